The lowest BCUT2D eigenvalue weighted by Gasteiger charge is -2.36. The van der Waals surface area contributed by atoms with Crippen LogP contribution in [0, 0.1) is 6.92 Å². The Morgan fingerprint density at radius 2 is 2.03 bits per heavy atom. The summed E-state index contributed by atoms with van der Waals surface area (Å²) >= 11 is 0. The second-order valence-electron chi connectivity index (χ2n) is 7.47. The Kier molecular flexibility index (Phi) is 4.54. The second-order valence-corrected chi connectivity index (χ2v) is 7.47. The first-order valence-electron chi connectivity index (χ1n) is 10.2. The summed E-state index contributed by atoms with van der Waals surface area (Å²) in [5.74, 6) is 1.23. The van der Waals surface area contributed by atoms with E-state index in [1.807, 2.05) is 42.2 Å². The van der Waals surface area contributed by atoms with Crippen molar-refractivity contribution in [1.29, 1.82) is 0 Å². The molecule has 0 saturated heterocycles. The van der Waals surface area contributed by atoms with E-state index in [1.165, 1.54) is 17.3 Å². The zero-order chi connectivity index (χ0) is 20.7. The maximum absolute atomic E-state index is 13.4. The Morgan fingerprint density at radius 3 is 2.77 bits per heavy atom. The molecule has 0 aliphatic carbocycles. The van der Waals surface area contributed by atoms with Crippen molar-refractivity contribution in [3.63, 3.8) is 0 Å². The summed E-state index contributed by atoms with van der Waals surface area (Å²) in [4.78, 5) is 23.1. The van der Waals surface area contributed by atoms with E-state index in [2.05, 4.69) is 28.2 Å². The van der Waals surface area contributed by atoms with Gasteiger partial charge >= 0.3 is 0 Å². The third-order valence-electron chi connectivity index (χ3n) is 5.75. The van der Waals surface area contributed by atoms with E-state index in [0.29, 0.717) is 24.6 Å². The van der Waals surface area contributed by atoms with Crippen molar-refractivity contribution in [2.75, 3.05) is 13.2 Å². The second kappa shape index (κ2) is 7.37. The van der Waals surface area contributed by atoms with Gasteiger partial charge in [0.05, 0.1) is 12.6 Å². The molecule has 1 N–H and O–H groups in total. The Bertz CT molecular complexity index is 1210. The number of nitrogens with one attached hydrogen (secondary N) is 1. The highest BCUT2D eigenvalue weighted by Crippen LogP contribution is 2.39. The molecule has 0 bridgehead atoms. The average Bonchev–Trinajstić information content (AvgIpc) is 3.36. The van der Waals surface area contributed by atoms with Crippen molar-refractivity contribution in [2.45, 2.75) is 26.3 Å². The van der Waals surface area contributed by atoms with Gasteiger partial charge in [-0.25, -0.2) is 4.98 Å². The van der Waals surface area contributed by atoms with Gasteiger partial charge in [-0.15, -0.1) is 0 Å². The van der Waals surface area contributed by atoms with Gasteiger partial charge in [0, 0.05) is 23.1 Å². The van der Waals surface area contributed by atoms with Gasteiger partial charge in [-0.3, -0.25) is 4.79 Å². The molecule has 0 spiro atoms. The van der Waals surface area contributed by atoms with Crippen LogP contribution in [-0.4, -0.2) is 33.9 Å². The molecule has 1 aliphatic rings. The summed E-state index contributed by atoms with van der Waals surface area (Å²) < 4.78 is 10.9. The van der Waals surface area contributed by atoms with Crippen LogP contribution in [0.15, 0.2) is 59.3 Å². The van der Waals surface area contributed by atoms with Crippen molar-refractivity contribution in [3.8, 4) is 5.75 Å². The van der Waals surface area contributed by atoms with Crippen LogP contribution in [0.25, 0.3) is 10.9 Å². The molecule has 1 unspecified atom stereocenters. The van der Waals surface area contributed by atoms with Crippen LogP contribution in [0.1, 0.15) is 46.0 Å². The van der Waals surface area contributed by atoms with E-state index in [0.717, 1.165) is 28.9 Å². The average molecular weight is 401 g/mol. The number of aromatic amines is 1. The summed E-state index contributed by atoms with van der Waals surface area (Å²) in [5.41, 5.74) is 4.81. The fourth-order valence-corrected chi connectivity index (χ4v) is 4.37. The SMILES string of the molecule is CCOc1ccc(C2c3[nH]c4ccccc4c3CCN2C(=O)c2ncoc2C)cc1. The molecule has 0 saturated carbocycles. The van der Waals surface area contributed by atoms with Crippen LogP contribution in [0.3, 0.4) is 0 Å². The monoisotopic (exact) mass is 401 g/mol. The van der Waals surface area contributed by atoms with Gasteiger partial charge < -0.3 is 19.0 Å². The Hall–Kier alpha value is -3.54. The lowest BCUT2D eigenvalue weighted by Crippen LogP contribution is -2.41. The third kappa shape index (κ3) is 2.96. The van der Waals surface area contributed by atoms with E-state index in [-0.39, 0.29) is 11.9 Å². The van der Waals surface area contributed by atoms with Crippen molar-refractivity contribution in [2.24, 2.45) is 0 Å². The number of hydrogen-bond donors (Lipinski definition) is 1. The summed E-state index contributed by atoms with van der Waals surface area (Å²) in [7, 11) is 0. The first-order valence-corrected chi connectivity index (χ1v) is 10.2. The number of carbonyl (C=O) groups is 1. The van der Waals surface area contributed by atoms with Gasteiger partial charge in [-0.05, 0) is 49.6 Å². The minimum atomic E-state index is -0.236. The van der Waals surface area contributed by atoms with Crippen LogP contribution in [0.4, 0.5) is 0 Å². The zero-order valence-corrected chi connectivity index (χ0v) is 17.0. The predicted octanol–water partition coefficient (Wildman–Crippen LogP) is 4.65. The molecule has 1 aliphatic heterocycles. The van der Waals surface area contributed by atoms with Gasteiger partial charge in [0.15, 0.2) is 12.1 Å². The van der Waals surface area contributed by atoms with Crippen molar-refractivity contribution in [1.82, 2.24) is 14.9 Å². The lowest BCUT2D eigenvalue weighted by molar-refractivity contribution is 0.0685. The fourth-order valence-electron chi connectivity index (χ4n) is 4.37. The van der Waals surface area contributed by atoms with Gasteiger partial charge in [0.25, 0.3) is 5.91 Å². The molecule has 2 aromatic carbocycles. The van der Waals surface area contributed by atoms with Crippen LogP contribution >= 0.6 is 0 Å². The predicted molar refractivity (Wildman–Crippen MR) is 114 cm³/mol. The van der Waals surface area contributed by atoms with E-state index in [1.54, 1.807) is 6.92 Å². The number of fused-ring (bicyclic) bond motifs is 3. The molecule has 5 rings (SSSR count). The minimum absolute atomic E-state index is 0.121. The molecule has 30 heavy (non-hydrogen) atoms. The summed E-state index contributed by atoms with van der Waals surface area (Å²) in [6, 6.07) is 16.0. The number of hydrogen-bond acceptors (Lipinski definition) is 4. The molecule has 3 heterocycles. The molecule has 6 heteroatoms. The Labute approximate surface area is 174 Å². The van der Waals surface area contributed by atoms with Crippen LogP contribution in [-0.2, 0) is 6.42 Å². The molecule has 2 aromatic heterocycles. The van der Waals surface area contributed by atoms with Gasteiger partial charge in [0.2, 0.25) is 0 Å². The highest BCUT2D eigenvalue weighted by Gasteiger charge is 2.36. The normalized spacial score (nSPS) is 15.9. The number of H-pyrrole nitrogens is 1. The minimum Gasteiger partial charge on any atom is -0.494 e. The van der Waals surface area contributed by atoms with Gasteiger partial charge in [0.1, 0.15) is 11.5 Å². The first kappa shape index (κ1) is 18.5. The fraction of sp³-hybridized carbons (Fsp3) is 0.250. The third-order valence-corrected chi connectivity index (χ3v) is 5.75. The number of aromatic nitrogens is 2. The highest BCUT2D eigenvalue weighted by atomic mass is 16.5. The standard InChI is InChI=1S/C24H23N3O3/c1-3-29-17-10-8-16(9-11-17)23-22-19(18-6-4-5-7-20(18)26-22)12-13-27(23)24(28)21-15(2)30-14-25-21/h4-11,14,23,26H,3,12-13H2,1-2H3. The quantitative estimate of drug-likeness (QED) is 0.540. The van der Waals surface area contributed by atoms with Gasteiger partial charge in [-0.2, -0.15) is 0 Å². The maximum Gasteiger partial charge on any atom is 0.276 e. The number of benzene rings is 2. The topological polar surface area (TPSA) is 71.4 Å². The molecule has 1 amide bonds. The Balaban J connectivity index is 1.64. The van der Waals surface area contributed by atoms with Crippen molar-refractivity contribution >= 4 is 16.8 Å². The van der Waals surface area contributed by atoms with E-state index in [9.17, 15) is 4.79 Å². The summed E-state index contributed by atoms with van der Waals surface area (Å²) in [6.45, 7) is 4.96. The first-order chi connectivity index (χ1) is 14.7. The number of oxazole rings is 1. The largest absolute Gasteiger partial charge is 0.494 e. The molecular formula is C24H23N3O3. The number of ether oxygens (including phenoxy) is 1. The molecule has 0 fully saturated rings. The lowest BCUT2D eigenvalue weighted by atomic mass is 9.92. The number of amides is 1. The summed E-state index contributed by atoms with van der Waals surface area (Å²) in [5, 5.41) is 1.22. The number of nitrogens with zero attached hydrogens (tertiary/aromatic N) is 2. The van der Waals surface area contributed by atoms with Crippen molar-refractivity contribution in [3.05, 3.63) is 83.2 Å². The van der Waals surface area contributed by atoms with Crippen molar-refractivity contribution < 1.29 is 13.9 Å². The number of carbonyl (C=O) groups excluding carboxylic acids is 1. The zero-order valence-electron chi connectivity index (χ0n) is 17.0. The van der Waals surface area contributed by atoms with Crippen LogP contribution in [0.5, 0.6) is 5.75 Å². The molecule has 6 nitrogen and oxygen atoms in total. The molecule has 0 radical (unpaired) electrons. The number of para-hydroxylation sites is 1. The Morgan fingerprint density at radius 1 is 1.23 bits per heavy atom. The van der Waals surface area contributed by atoms with E-state index >= 15 is 0 Å². The smallest absolute Gasteiger partial charge is 0.276 e. The molecule has 1 atom stereocenters. The number of aryl methyl sites for hydroxylation is 1. The van der Waals surface area contributed by atoms with E-state index in [4.69, 9.17) is 9.15 Å². The highest BCUT2D eigenvalue weighted by molar-refractivity contribution is 5.94. The van der Waals surface area contributed by atoms with Crippen LogP contribution < -0.4 is 4.74 Å². The molecular weight excluding hydrogens is 378 g/mol. The van der Waals surface area contributed by atoms with Crippen LogP contribution in [0.2, 0.25) is 0 Å². The summed E-state index contributed by atoms with van der Waals surface area (Å²) in [6.07, 6.45) is 2.11. The molecule has 152 valence electrons. The number of rotatable bonds is 4. The van der Waals surface area contributed by atoms with E-state index < -0.39 is 0 Å². The maximum atomic E-state index is 13.4. The van der Waals surface area contributed by atoms with Gasteiger partial charge in [-0.1, -0.05) is 30.3 Å². The molecule has 4 aromatic rings.